The summed E-state index contributed by atoms with van der Waals surface area (Å²) in [7, 11) is 0. The van der Waals surface area contributed by atoms with Crippen LogP contribution in [0.5, 0.6) is 0 Å². The summed E-state index contributed by atoms with van der Waals surface area (Å²) in [5, 5.41) is 5.04. The molecule has 1 aromatic rings. The highest BCUT2D eigenvalue weighted by molar-refractivity contribution is 7.10. The Morgan fingerprint density at radius 1 is 1.47 bits per heavy atom. The molecule has 0 aliphatic heterocycles. The number of amides is 1. The third-order valence-electron chi connectivity index (χ3n) is 2.30. The molecule has 1 atom stereocenters. The van der Waals surface area contributed by atoms with Gasteiger partial charge in [-0.1, -0.05) is 19.9 Å². The number of carbonyl (C=O) groups excluding carboxylic acids is 1. The lowest BCUT2D eigenvalue weighted by Crippen LogP contribution is -2.26. The van der Waals surface area contributed by atoms with Crippen molar-refractivity contribution < 1.29 is 4.79 Å². The fourth-order valence-electron chi connectivity index (χ4n) is 1.34. The summed E-state index contributed by atoms with van der Waals surface area (Å²) in [5.41, 5.74) is 0. The third kappa shape index (κ3) is 4.47. The van der Waals surface area contributed by atoms with Crippen molar-refractivity contribution in [3.05, 3.63) is 22.4 Å². The first-order chi connectivity index (χ1) is 7.09. The van der Waals surface area contributed by atoms with Gasteiger partial charge in [-0.15, -0.1) is 11.3 Å². The molecule has 84 valence electrons. The first-order valence-corrected chi connectivity index (χ1v) is 6.30. The molecule has 0 aliphatic carbocycles. The van der Waals surface area contributed by atoms with Crippen molar-refractivity contribution in [3.8, 4) is 0 Å². The summed E-state index contributed by atoms with van der Waals surface area (Å²) in [4.78, 5) is 12.8. The van der Waals surface area contributed by atoms with Crippen LogP contribution < -0.4 is 5.32 Å². The van der Waals surface area contributed by atoms with E-state index >= 15 is 0 Å². The van der Waals surface area contributed by atoms with E-state index < -0.39 is 0 Å². The number of thiophene rings is 1. The fraction of sp³-hybridized carbons (Fsp3) is 0.583. The van der Waals surface area contributed by atoms with Crippen molar-refractivity contribution in [2.75, 3.05) is 0 Å². The van der Waals surface area contributed by atoms with E-state index in [9.17, 15) is 4.79 Å². The largest absolute Gasteiger partial charge is 0.349 e. The molecule has 0 fully saturated rings. The topological polar surface area (TPSA) is 29.1 Å². The van der Waals surface area contributed by atoms with E-state index in [2.05, 4.69) is 25.2 Å². The van der Waals surface area contributed by atoms with Gasteiger partial charge in [-0.25, -0.2) is 0 Å². The molecule has 0 saturated carbocycles. The van der Waals surface area contributed by atoms with Gasteiger partial charge in [-0.3, -0.25) is 4.79 Å². The van der Waals surface area contributed by atoms with Crippen LogP contribution in [0.3, 0.4) is 0 Å². The second-order valence-electron chi connectivity index (χ2n) is 4.24. The molecule has 15 heavy (non-hydrogen) atoms. The normalized spacial score (nSPS) is 12.8. The van der Waals surface area contributed by atoms with Crippen LogP contribution in [-0.4, -0.2) is 5.91 Å². The van der Waals surface area contributed by atoms with Crippen molar-refractivity contribution >= 4 is 17.2 Å². The van der Waals surface area contributed by atoms with E-state index in [0.717, 1.165) is 6.42 Å². The molecule has 1 rings (SSSR count). The van der Waals surface area contributed by atoms with E-state index in [1.807, 2.05) is 18.4 Å². The summed E-state index contributed by atoms with van der Waals surface area (Å²) in [5.74, 6) is 0.748. The molecular formula is C12H19NOS. The molecule has 3 heteroatoms. The lowest BCUT2D eigenvalue weighted by atomic mass is 10.1. The van der Waals surface area contributed by atoms with Gasteiger partial charge in [-0.05, 0) is 30.7 Å². The Morgan fingerprint density at radius 2 is 2.20 bits per heavy atom. The lowest BCUT2D eigenvalue weighted by Gasteiger charge is -2.12. The molecule has 0 spiro atoms. The minimum atomic E-state index is 0.143. The molecule has 1 aromatic heterocycles. The molecule has 0 aromatic carbocycles. The van der Waals surface area contributed by atoms with E-state index in [0.29, 0.717) is 12.3 Å². The standard InChI is InChI=1S/C12H19NOS/c1-9(2)6-7-12(14)13-10(3)11-5-4-8-15-11/h4-5,8-10H,6-7H2,1-3H3,(H,13,14). The SMILES string of the molecule is CC(C)CCC(=O)NC(C)c1cccs1. The molecule has 0 radical (unpaired) electrons. The second-order valence-corrected chi connectivity index (χ2v) is 5.22. The Morgan fingerprint density at radius 3 is 2.73 bits per heavy atom. The molecule has 1 heterocycles. The summed E-state index contributed by atoms with van der Waals surface area (Å²) in [6.45, 7) is 6.30. The average molecular weight is 225 g/mol. The Bertz CT molecular complexity index is 293. The molecule has 2 nitrogen and oxygen atoms in total. The lowest BCUT2D eigenvalue weighted by molar-refractivity contribution is -0.122. The smallest absolute Gasteiger partial charge is 0.220 e. The second kappa shape index (κ2) is 5.91. The monoisotopic (exact) mass is 225 g/mol. The van der Waals surface area contributed by atoms with Gasteiger partial charge in [0.1, 0.15) is 0 Å². The van der Waals surface area contributed by atoms with Gasteiger partial charge in [0.25, 0.3) is 0 Å². The van der Waals surface area contributed by atoms with Crippen LogP contribution in [0.25, 0.3) is 0 Å². The molecule has 0 aliphatic rings. The average Bonchev–Trinajstić information content (AvgIpc) is 2.67. The van der Waals surface area contributed by atoms with Crippen LogP contribution >= 0.6 is 11.3 Å². The predicted molar refractivity (Wildman–Crippen MR) is 64.9 cm³/mol. The minimum Gasteiger partial charge on any atom is -0.349 e. The molecule has 1 amide bonds. The quantitative estimate of drug-likeness (QED) is 0.818. The Kier molecular flexibility index (Phi) is 4.82. The number of hydrogen-bond donors (Lipinski definition) is 1. The maximum absolute atomic E-state index is 11.5. The fourth-order valence-corrected chi connectivity index (χ4v) is 2.08. The first kappa shape index (κ1) is 12.2. The molecule has 1 unspecified atom stereocenters. The minimum absolute atomic E-state index is 0.143. The van der Waals surface area contributed by atoms with E-state index in [1.54, 1.807) is 11.3 Å². The highest BCUT2D eigenvalue weighted by Crippen LogP contribution is 2.18. The van der Waals surface area contributed by atoms with Crippen molar-refractivity contribution in [3.63, 3.8) is 0 Å². The van der Waals surface area contributed by atoms with Crippen molar-refractivity contribution in [2.45, 2.75) is 39.7 Å². The maximum atomic E-state index is 11.5. The van der Waals surface area contributed by atoms with E-state index in [1.165, 1.54) is 4.88 Å². The van der Waals surface area contributed by atoms with Crippen molar-refractivity contribution in [1.29, 1.82) is 0 Å². The highest BCUT2D eigenvalue weighted by atomic mass is 32.1. The van der Waals surface area contributed by atoms with Gasteiger partial charge in [0.2, 0.25) is 5.91 Å². The molecule has 0 bridgehead atoms. The van der Waals surface area contributed by atoms with Gasteiger partial charge in [-0.2, -0.15) is 0 Å². The van der Waals surface area contributed by atoms with Gasteiger partial charge in [0, 0.05) is 11.3 Å². The van der Waals surface area contributed by atoms with Crippen molar-refractivity contribution in [1.82, 2.24) is 5.32 Å². The summed E-state index contributed by atoms with van der Waals surface area (Å²) >= 11 is 1.68. The Balaban J connectivity index is 2.32. The summed E-state index contributed by atoms with van der Waals surface area (Å²) in [6, 6.07) is 4.21. The highest BCUT2D eigenvalue weighted by Gasteiger charge is 2.10. The summed E-state index contributed by atoms with van der Waals surface area (Å²) in [6.07, 6.45) is 1.59. The number of rotatable bonds is 5. The molecule has 0 saturated heterocycles. The first-order valence-electron chi connectivity index (χ1n) is 5.42. The van der Waals surface area contributed by atoms with Gasteiger partial charge in [0.15, 0.2) is 0 Å². The van der Waals surface area contributed by atoms with Gasteiger partial charge in [0.05, 0.1) is 6.04 Å². The van der Waals surface area contributed by atoms with E-state index in [-0.39, 0.29) is 11.9 Å². The number of carbonyl (C=O) groups is 1. The van der Waals surface area contributed by atoms with Crippen LogP contribution in [0, 0.1) is 5.92 Å². The van der Waals surface area contributed by atoms with Crippen LogP contribution in [0.15, 0.2) is 17.5 Å². The zero-order valence-electron chi connectivity index (χ0n) is 9.62. The maximum Gasteiger partial charge on any atom is 0.220 e. The van der Waals surface area contributed by atoms with E-state index in [4.69, 9.17) is 0 Å². The predicted octanol–water partition coefficient (Wildman–Crippen LogP) is 3.36. The molecule has 1 N–H and O–H groups in total. The van der Waals surface area contributed by atoms with Crippen LogP contribution in [0.2, 0.25) is 0 Å². The molecular weight excluding hydrogens is 206 g/mol. The number of nitrogens with one attached hydrogen (secondary N) is 1. The Labute approximate surface area is 95.7 Å². The third-order valence-corrected chi connectivity index (χ3v) is 3.35. The summed E-state index contributed by atoms with van der Waals surface area (Å²) < 4.78 is 0. The van der Waals surface area contributed by atoms with Crippen molar-refractivity contribution in [2.24, 2.45) is 5.92 Å². The zero-order chi connectivity index (χ0) is 11.3. The number of hydrogen-bond acceptors (Lipinski definition) is 2. The van der Waals surface area contributed by atoms with Gasteiger partial charge < -0.3 is 5.32 Å². The van der Waals surface area contributed by atoms with Crippen LogP contribution in [-0.2, 0) is 4.79 Å². The Hall–Kier alpha value is -0.830. The van der Waals surface area contributed by atoms with Crippen LogP contribution in [0.1, 0.15) is 44.5 Å². The van der Waals surface area contributed by atoms with Gasteiger partial charge >= 0.3 is 0 Å². The van der Waals surface area contributed by atoms with Crippen LogP contribution in [0.4, 0.5) is 0 Å². The zero-order valence-corrected chi connectivity index (χ0v) is 10.4.